The predicted molar refractivity (Wildman–Crippen MR) is 31.3 cm³/mol. The van der Waals surface area contributed by atoms with Crippen molar-refractivity contribution in [1.82, 2.24) is 0 Å². The van der Waals surface area contributed by atoms with E-state index in [1.165, 1.54) is 0 Å². The van der Waals surface area contributed by atoms with Crippen LogP contribution in [0.2, 0.25) is 0 Å². The molecule has 1 aliphatic heterocycles. The van der Waals surface area contributed by atoms with Gasteiger partial charge in [-0.05, 0) is 0 Å². The first-order valence-electron chi connectivity index (χ1n) is 3.38. The lowest BCUT2D eigenvalue weighted by atomic mass is 10.1. The van der Waals surface area contributed by atoms with Gasteiger partial charge in [-0.2, -0.15) is 0 Å². The van der Waals surface area contributed by atoms with E-state index in [1.54, 1.807) is 0 Å². The Morgan fingerprint density at radius 2 is 1.80 bits per heavy atom. The van der Waals surface area contributed by atoms with Gasteiger partial charge in [-0.15, -0.1) is 0 Å². The van der Waals surface area contributed by atoms with Crippen molar-refractivity contribution in [1.29, 1.82) is 0 Å². The zero-order valence-electron chi connectivity index (χ0n) is 5.34. The molecule has 2 fully saturated rings. The Labute approximate surface area is 58.0 Å². The van der Waals surface area contributed by atoms with Gasteiger partial charge in [0.05, 0.1) is 18.8 Å². The number of rotatable bonds is 1. The highest BCUT2D eigenvalue weighted by Gasteiger charge is 2.61. The molecule has 5 atom stereocenters. The highest BCUT2D eigenvalue weighted by molar-refractivity contribution is 5.08. The molecule has 0 spiro atoms. The molecule has 0 aromatic heterocycles. The molecule has 2 aliphatic rings. The van der Waals surface area contributed by atoms with Crippen molar-refractivity contribution in [2.75, 3.05) is 6.61 Å². The van der Waals surface area contributed by atoms with Crippen molar-refractivity contribution < 1.29 is 20.1 Å². The van der Waals surface area contributed by atoms with Crippen LogP contribution in [0, 0.1) is 5.92 Å². The molecule has 0 bridgehead atoms. The molecule has 58 valence electrons. The van der Waals surface area contributed by atoms with Crippen LogP contribution in [-0.2, 0) is 4.74 Å². The van der Waals surface area contributed by atoms with Crippen LogP contribution in [0.3, 0.4) is 0 Å². The Morgan fingerprint density at radius 3 is 2.10 bits per heavy atom. The van der Waals surface area contributed by atoms with E-state index in [-0.39, 0.29) is 24.7 Å². The Bertz CT molecular complexity index is 149. The molecule has 4 nitrogen and oxygen atoms in total. The number of ether oxygens (including phenoxy) is 1. The van der Waals surface area contributed by atoms with Crippen LogP contribution in [0.15, 0.2) is 0 Å². The van der Waals surface area contributed by atoms with Gasteiger partial charge >= 0.3 is 0 Å². The summed E-state index contributed by atoms with van der Waals surface area (Å²) < 4.78 is 4.97. The second-order valence-corrected chi connectivity index (χ2v) is 2.89. The normalized spacial score (nSPS) is 58.5. The minimum atomic E-state index is -0.797. The standard InChI is InChI=1S/C6H10O4/c7-1-2-3(8)4(9)6-5(2)10-6/h2-9H,1H2. The molecule has 4 heteroatoms. The molecule has 0 aromatic rings. The molecule has 10 heavy (non-hydrogen) atoms. The predicted octanol–water partition coefficient (Wildman–Crippen LogP) is -1.90. The van der Waals surface area contributed by atoms with Crippen molar-refractivity contribution in [3.8, 4) is 0 Å². The molecular weight excluding hydrogens is 136 g/mol. The summed E-state index contributed by atoms with van der Waals surface area (Å²) in [6, 6.07) is 0. The summed E-state index contributed by atoms with van der Waals surface area (Å²) in [5.74, 6) is -0.278. The van der Waals surface area contributed by atoms with Crippen molar-refractivity contribution in [3.05, 3.63) is 0 Å². The van der Waals surface area contributed by atoms with Crippen LogP contribution in [-0.4, -0.2) is 46.3 Å². The first kappa shape index (κ1) is 6.54. The molecule has 5 unspecified atom stereocenters. The summed E-state index contributed by atoms with van der Waals surface area (Å²) in [6.07, 6.45) is -1.90. The monoisotopic (exact) mass is 146 g/mol. The van der Waals surface area contributed by atoms with Gasteiger partial charge in [-0.3, -0.25) is 0 Å². The third-order valence-corrected chi connectivity index (χ3v) is 2.32. The number of aliphatic hydroxyl groups is 3. The fourth-order valence-electron chi connectivity index (χ4n) is 1.61. The van der Waals surface area contributed by atoms with E-state index in [0.29, 0.717) is 0 Å². The number of fused-ring (bicyclic) bond motifs is 1. The first-order valence-corrected chi connectivity index (χ1v) is 3.38. The zero-order valence-corrected chi connectivity index (χ0v) is 5.34. The van der Waals surface area contributed by atoms with E-state index in [2.05, 4.69) is 0 Å². The van der Waals surface area contributed by atoms with Crippen molar-refractivity contribution >= 4 is 0 Å². The smallest absolute Gasteiger partial charge is 0.113 e. The zero-order chi connectivity index (χ0) is 7.30. The van der Waals surface area contributed by atoms with Crippen LogP contribution < -0.4 is 0 Å². The molecule has 2 rings (SSSR count). The minimum Gasteiger partial charge on any atom is -0.396 e. The highest BCUT2D eigenvalue weighted by Crippen LogP contribution is 2.42. The minimum absolute atomic E-state index is 0.102. The summed E-state index contributed by atoms with van der Waals surface area (Å²) in [5.41, 5.74) is 0. The van der Waals surface area contributed by atoms with E-state index in [9.17, 15) is 0 Å². The summed E-state index contributed by atoms with van der Waals surface area (Å²) in [4.78, 5) is 0. The number of hydrogen-bond acceptors (Lipinski definition) is 4. The van der Waals surface area contributed by atoms with Gasteiger partial charge in [0.25, 0.3) is 0 Å². The Morgan fingerprint density at radius 1 is 1.10 bits per heavy atom. The van der Waals surface area contributed by atoms with Crippen molar-refractivity contribution in [2.24, 2.45) is 5.92 Å². The van der Waals surface area contributed by atoms with Gasteiger partial charge in [0.1, 0.15) is 12.2 Å². The fourth-order valence-corrected chi connectivity index (χ4v) is 1.61. The Hall–Kier alpha value is -0.160. The average Bonchev–Trinajstić information content (AvgIpc) is 2.63. The second kappa shape index (κ2) is 1.92. The molecule has 0 radical (unpaired) electrons. The lowest BCUT2D eigenvalue weighted by molar-refractivity contribution is -0.0429. The number of epoxide rings is 1. The van der Waals surface area contributed by atoms with E-state index >= 15 is 0 Å². The van der Waals surface area contributed by atoms with Gasteiger partial charge in [0.15, 0.2) is 0 Å². The molecule has 3 N–H and O–H groups in total. The molecule has 1 saturated heterocycles. The molecule has 1 heterocycles. The summed E-state index contributed by atoms with van der Waals surface area (Å²) in [7, 11) is 0. The maximum absolute atomic E-state index is 9.17. The first-order chi connectivity index (χ1) is 4.75. The van der Waals surface area contributed by atoms with Crippen molar-refractivity contribution in [3.63, 3.8) is 0 Å². The lowest BCUT2D eigenvalue weighted by Gasteiger charge is -2.16. The lowest BCUT2D eigenvalue weighted by Crippen LogP contribution is -2.33. The van der Waals surface area contributed by atoms with Crippen LogP contribution in [0.1, 0.15) is 0 Å². The van der Waals surface area contributed by atoms with Gasteiger partial charge < -0.3 is 20.1 Å². The van der Waals surface area contributed by atoms with E-state index in [1.807, 2.05) is 0 Å². The number of hydrogen-bond donors (Lipinski definition) is 3. The van der Waals surface area contributed by atoms with Gasteiger partial charge in [0.2, 0.25) is 0 Å². The van der Waals surface area contributed by atoms with Gasteiger partial charge in [0, 0.05) is 5.92 Å². The third kappa shape index (κ3) is 0.645. The van der Waals surface area contributed by atoms with E-state index in [0.717, 1.165) is 0 Å². The van der Waals surface area contributed by atoms with Crippen LogP contribution in [0.5, 0.6) is 0 Å². The van der Waals surface area contributed by atoms with Crippen molar-refractivity contribution in [2.45, 2.75) is 24.4 Å². The highest BCUT2D eigenvalue weighted by atomic mass is 16.6. The Kier molecular flexibility index (Phi) is 1.25. The van der Waals surface area contributed by atoms with Crippen LogP contribution in [0.25, 0.3) is 0 Å². The third-order valence-electron chi connectivity index (χ3n) is 2.32. The largest absolute Gasteiger partial charge is 0.396 e. The molecule has 1 aliphatic carbocycles. The van der Waals surface area contributed by atoms with Crippen LogP contribution in [0.4, 0.5) is 0 Å². The Balaban J connectivity index is 2.09. The fraction of sp³-hybridized carbons (Fsp3) is 1.00. The summed E-state index contributed by atoms with van der Waals surface area (Å²) >= 11 is 0. The molecule has 0 aromatic carbocycles. The molecule has 0 amide bonds. The van der Waals surface area contributed by atoms with Gasteiger partial charge in [-0.25, -0.2) is 0 Å². The SMILES string of the molecule is OCC1C(O)C(O)C2OC12. The maximum Gasteiger partial charge on any atom is 0.113 e. The summed E-state index contributed by atoms with van der Waals surface area (Å²) in [5, 5.41) is 27.0. The van der Waals surface area contributed by atoms with E-state index < -0.39 is 12.2 Å². The molecular formula is C6H10O4. The average molecular weight is 146 g/mol. The number of aliphatic hydroxyl groups excluding tert-OH is 3. The maximum atomic E-state index is 9.17. The quantitative estimate of drug-likeness (QED) is 0.378. The molecule has 1 saturated carbocycles. The summed E-state index contributed by atoms with van der Waals surface area (Å²) in [6.45, 7) is -0.112. The topological polar surface area (TPSA) is 73.2 Å². The van der Waals surface area contributed by atoms with Crippen LogP contribution >= 0.6 is 0 Å². The van der Waals surface area contributed by atoms with E-state index in [4.69, 9.17) is 20.1 Å². The second-order valence-electron chi connectivity index (χ2n) is 2.89. The van der Waals surface area contributed by atoms with Gasteiger partial charge in [-0.1, -0.05) is 0 Å².